The Kier molecular flexibility index (Phi) is 3.01. The topological polar surface area (TPSA) is 20.2 Å². The summed E-state index contributed by atoms with van der Waals surface area (Å²) in [5.74, 6) is 0.411. The molecule has 1 heterocycles. The molecule has 72 valence electrons. The summed E-state index contributed by atoms with van der Waals surface area (Å²) in [6.07, 6.45) is 5.81. The van der Waals surface area contributed by atoms with E-state index < -0.39 is 0 Å². The van der Waals surface area contributed by atoms with Crippen LogP contribution in [0.2, 0.25) is 0 Å². The minimum atomic E-state index is -0.0999. The number of aliphatic hydroxyl groups excluding tert-OH is 1. The van der Waals surface area contributed by atoms with Gasteiger partial charge in [-0.25, -0.2) is 0 Å². The van der Waals surface area contributed by atoms with Crippen molar-refractivity contribution in [2.24, 2.45) is 0 Å². The Balaban J connectivity index is 2.11. The first-order chi connectivity index (χ1) is 6.38. The van der Waals surface area contributed by atoms with E-state index in [1.54, 1.807) is 11.3 Å². The standard InChI is InChI=1S/C11H16OS/c12-11-5-3-1-2-4-10(11)9-6-7-13-8-9/h6-8,10-12H,1-5H2. The van der Waals surface area contributed by atoms with Crippen LogP contribution in [0.25, 0.3) is 0 Å². The second kappa shape index (κ2) is 4.25. The van der Waals surface area contributed by atoms with Gasteiger partial charge in [0.15, 0.2) is 0 Å². The average molecular weight is 196 g/mol. The molecule has 13 heavy (non-hydrogen) atoms. The Labute approximate surface area is 83.4 Å². The van der Waals surface area contributed by atoms with Gasteiger partial charge in [0.05, 0.1) is 6.10 Å². The van der Waals surface area contributed by atoms with Crippen molar-refractivity contribution < 1.29 is 5.11 Å². The molecule has 1 saturated carbocycles. The summed E-state index contributed by atoms with van der Waals surface area (Å²) in [5.41, 5.74) is 1.35. The van der Waals surface area contributed by atoms with Gasteiger partial charge in [0, 0.05) is 5.92 Å². The fourth-order valence-corrected chi connectivity index (χ4v) is 2.89. The molecule has 1 nitrogen and oxygen atoms in total. The third-order valence-corrected chi connectivity index (χ3v) is 3.65. The molecule has 2 heteroatoms. The van der Waals surface area contributed by atoms with Crippen LogP contribution < -0.4 is 0 Å². The van der Waals surface area contributed by atoms with Gasteiger partial charge < -0.3 is 5.11 Å². The summed E-state index contributed by atoms with van der Waals surface area (Å²) in [7, 11) is 0. The second-order valence-electron chi connectivity index (χ2n) is 3.87. The molecule has 0 aliphatic heterocycles. The molecule has 1 aliphatic rings. The number of rotatable bonds is 1. The van der Waals surface area contributed by atoms with Gasteiger partial charge in [-0.1, -0.05) is 19.3 Å². The predicted octanol–water partition coefficient (Wildman–Crippen LogP) is 3.16. The van der Waals surface area contributed by atoms with Crippen molar-refractivity contribution in [2.45, 2.75) is 44.1 Å². The fraction of sp³-hybridized carbons (Fsp3) is 0.636. The smallest absolute Gasteiger partial charge is 0.0609 e. The average Bonchev–Trinajstić information content (AvgIpc) is 2.56. The van der Waals surface area contributed by atoms with E-state index >= 15 is 0 Å². The van der Waals surface area contributed by atoms with E-state index in [0.717, 1.165) is 12.8 Å². The van der Waals surface area contributed by atoms with Crippen molar-refractivity contribution in [1.82, 2.24) is 0 Å². The largest absolute Gasteiger partial charge is 0.392 e. The van der Waals surface area contributed by atoms with Gasteiger partial charge in [-0.15, -0.1) is 0 Å². The number of aliphatic hydroxyl groups is 1. The van der Waals surface area contributed by atoms with Crippen LogP contribution in [0.15, 0.2) is 16.8 Å². The molecule has 1 aromatic rings. The Hall–Kier alpha value is -0.340. The van der Waals surface area contributed by atoms with Gasteiger partial charge in [-0.2, -0.15) is 11.3 Å². The number of hydrogen-bond acceptors (Lipinski definition) is 2. The van der Waals surface area contributed by atoms with Crippen LogP contribution in [0.1, 0.15) is 43.6 Å². The molecular weight excluding hydrogens is 180 g/mol. The molecule has 1 N–H and O–H groups in total. The SMILES string of the molecule is OC1CCCCCC1c1ccsc1. The van der Waals surface area contributed by atoms with E-state index in [-0.39, 0.29) is 6.10 Å². The highest BCUT2D eigenvalue weighted by Crippen LogP contribution is 2.32. The van der Waals surface area contributed by atoms with Crippen molar-refractivity contribution >= 4 is 11.3 Å². The van der Waals surface area contributed by atoms with Gasteiger partial charge in [0.1, 0.15) is 0 Å². The van der Waals surface area contributed by atoms with Gasteiger partial charge in [0.25, 0.3) is 0 Å². The molecule has 1 aromatic heterocycles. The third kappa shape index (κ3) is 2.12. The molecule has 0 amide bonds. The zero-order chi connectivity index (χ0) is 9.10. The maximum atomic E-state index is 9.93. The highest BCUT2D eigenvalue weighted by molar-refractivity contribution is 7.07. The molecule has 0 saturated heterocycles. The van der Waals surface area contributed by atoms with Gasteiger partial charge in [-0.05, 0) is 35.2 Å². The van der Waals surface area contributed by atoms with Crippen LogP contribution in [0.4, 0.5) is 0 Å². The van der Waals surface area contributed by atoms with E-state index in [9.17, 15) is 5.11 Å². The van der Waals surface area contributed by atoms with Crippen LogP contribution >= 0.6 is 11.3 Å². The van der Waals surface area contributed by atoms with E-state index in [1.165, 1.54) is 24.8 Å². The molecular formula is C11H16OS. The van der Waals surface area contributed by atoms with Gasteiger partial charge >= 0.3 is 0 Å². The summed E-state index contributed by atoms with van der Waals surface area (Å²) < 4.78 is 0. The van der Waals surface area contributed by atoms with Crippen LogP contribution in [0, 0.1) is 0 Å². The van der Waals surface area contributed by atoms with Crippen molar-refractivity contribution in [1.29, 1.82) is 0 Å². The lowest BCUT2D eigenvalue weighted by Crippen LogP contribution is -2.16. The molecule has 1 aliphatic carbocycles. The summed E-state index contributed by atoms with van der Waals surface area (Å²) in [6, 6.07) is 2.16. The summed E-state index contributed by atoms with van der Waals surface area (Å²) in [5, 5.41) is 14.2. The zero-order valence-corrected chi connectivity index (χ0v) is 8.59. The Morgan fingerprint density at radius 1 is 1.23 bits per heavy atom. The highest BCUT2D eigenvalue weighted by atomic mass is 32.1. The van der Waals surface area contributed by atoms with Crippen LogP contribution in [0.3, 0.4) is 0 Å². The minimum absolute atomic E-state index is 0.0999. The number of thiophene rings is 1. The second-order valence-corrected chi connectivity index (χ2v) is 4.65. The van der Waals surface area contributed by atoms with Gasteiger partial charge in [0.2, 0.25) is 0 Å². The quantitative estimate of drug-likeness (QED) is 0.684. The zero-order valence-electron chi connectivity index (χ0n) is 7.78. The summed E-state index contributed by atoms with van der Waals surface area (Å²) in [4.78, 5) is 0. The summed E-state index contributed by atoms with van der Waals surface area (Å²) in [6.45, 7) is 0. The maximum absolute atomic E-state index is 9.93. The van der Waals surface area contributed by atoms with Crippen molar-refractivity contribution in [3.8, 4) is 0 Å². The first kappa shape index (κ1) is 9.22. The molecule has 0 radical (unpaired) electrons. The first-order valence-corrected chi connectivity index (χ1v) is 6.02. The van der Waals surface area contributed by atoms with Crippen molar-refractivity contribution in [2.75, 3.05) is 0 Å². The first-order valence-electron chi connectivity index (χ1n) is 5.08. The predicted molar refractivity (Wildman–Crippen MR) is 56.2 cm³/mol. The molecule has 0 bridgehead atoms. The molecule has 0 aromatic carbocycles. The van der Waals surface area contributed by atoms with Crippen LogP contribution in [0.5, 0.6) is 0 Å². The van der Waals surface area contributed by atoms with E-state index in [1.807, 2.05) is 0 Å². The summed E-state index contributed by atoms with van der Waals surface area (Å²) >= 11 is 1.73. The Morgan fingerprint density at radius 3 is 2.85 bits per heavy atom. The Morgan fingerprint density at radius 2 is 2.08 bits per heavy atom. The van der Waals surface area contributed by atoms with Crippen LogP contribution in [-0.2, 0) is 0 Å². The maximum Gasteiger partial charge on any atom is 0.0609 e. The van der Waals surface area contributed by atoms with Crippen LogP contribution in [-0.4, -0.2) is 11.2 Å². The van der Waals surface area contributed by atoms with E-state index in [0.29, 0.717) is 5.92 Å². The van der Waals surface area contributed by atoms with Gasteiger partial charge in [-0.3, -0.25) is 0 Å². The van der Waals surface area contributed by atoms with Crippen molar-refractivity contribution in [3.05, 3.63) is 22.4 Å². The molecule has 1 fully saturated rings. The Bertz CT molecular complexity index is 243. The fourth-order valence-electron chi connectivity index (χ4n) is 2.16. The van der Waals surface area contributed by atoms with E-state index in [4.69, 9.17) is 0 Å². The number of hydrogen-bond donors (Lipinski definition) is 1. The lowest BCUT2D eigenvalue weighted by atomic mass is 9.92. The third-order valence-electron chi connectivity index (χ3n) is 2.95. The van der Waals surface area contributed by atoms with Crippen molar-refractivity contribution in [3.63, 3.8) is 0 Å². The molecule has 0 spiro atoms. The van der Waals surface area contributed by atoms with E-state index in [2.05, 4.69) is 16.8 Å². The minimum Gasteiger partial charge on any atom is -0.392 e. The molecule has 2 atom stereocenters. The normalized spacial score (nSPS) is 29.9. The lowest BCUT2D eigenvalue weighted by molar-refractivity contribution is 0.135. The highest BCUT2D eigenvalue weighted by Gasteiger charge is 2.22. The molecule has 2 unspecified atom stereocenters. The monoisotopic (exact) mass is 196 g/mol. The lowest BCUT2D eigenvalue weighted by Gasteiger charge is -2.18. The molecule has 2 rings (SSSR count).